The molecule has 1 amide bonds. The molecule has 7 nitrogen and oxygen atoms in total. The van der Waals surface area contributed by atoms with Crippen molar-refractivity contribution < 1.29 is 29.0 Å². The summed E-state index contributed by atoms with van der Waals surface area (Å²) in [6, 6.07) is -1.37. The molecular formula is C9H13NO6. The summed E-state index contributed by atoms with van der Waals surface area (Å²) >= 11 is 0. The zero-order valence-corrected chi connectivity index (χ0v) is 8.76. The largest absolute Gasteiger partial charge is 0.480 e. The molecule has 0 aromatic carbocycles. The second-order valence-electron chi connectivity index (χ2n) is 3.31. The van der Waals surface area contributed by atoms with Crippen molar-refractivity contribution in [3.8, 4) is 0 Å². The standard InChI is InChI=1S/C9H13NO6/c1-2-3-4-15-8(13)6-5(7(11)12)10-9(14)16-6/h5-6H,2-4H2,1H3,(H,10,14)(H,11,12)/t5-,6-/m0/s1. The van der Waals surface area contributed by atoms with Crippen LogP contribution in [0.5, 0.6) is 0 Å². The number of rotatable bonds is 5. The molecule has 1 fully saturated rings. The Morgan fingerprint density at radius 1 is 1.56 bits per heavy atom. The zero-order valence-electron chi connectivity index (χ0n) is 8.76. The fourth-order valence-corrected chi connectivity index (χ4v) is 1.19. The molecule has 0 saturated carbocycles. The van der Waals surface area contributed by atoms with Crippen LogP contribution in [0.2, 0.25) is 0 Å². The molecule has 90 valence electrons. The Hall–Kier alpha value is -1.79. The van der Waals surface area contributed by atoms with Crippen molar-refractivity contribution in [2.24, 2.45) is 0 Å². The third kappa shape index (κ3) is 2.85. The smallest absolute Gasteiger partial charge is 0.408 e. The molecule has 0 aromatic rings. The summed E-state index contributed by atoms with van der Waals surface area (Å²) in [6.45, 7) is 2.11. The van der Waals surface area contributed by atoms with Crippen LogP contribution in [0.4, 0.5) is 4.79 Å². The van der Waals surface area contributed by atoms with Gasteiger partial charge in [0.2, 0.25) is 6.10 Å². The number of amides is 1. The maximum atomic E-state index is 11.4. The zero-order chi connectivity index (χ0) is 12.1. The van der Waals surface area contributed by atoms with E-state index in [1.54, 1.807) is 0 Å². The Labute approximate surface area is 91.7 Å². The minimum absolute atomic E-state index is 0.190. The molecule has 1 rings (SSSR count). The number of unbranched alkanes of at least 4 members (excludes halogenated alkanes) is 1. The number of cyclic esters (lactones) is 1. The maximum Gasteiger partial charge on any atom is 0.408 e. The van der Waals surface area contributed by atoms with Crippen molar-refractivity contribution in [3.05, 3.63) is 0 Å². The summed E-state index contributed by atoms with van der Waals surface area (Å²) in [5.41, 5.74) is 0. The highest BCUT2D eigenvalue weighted by molar-refractivity contribution is 5.92. The van der Waals surface area contributed by atoms with Crippen molar-refractivity contribution >= 4 is 18.0 Å². The van der Waals surface area contributed by atoms with E-state index in [9.17, 15) is 14.4 Å². The lowest BCUT2D eigenvalue weighted by molar-refractivity contribution is -0.157. The highest BCUT2D eigenvalue weighted by Crippen LogP contribution is 2.11. The van der Waals surface area contributed by atoms with Crippen LogP contribution in [-0.4, -0.2) is 41.9 Å². The van der Waals surface area contributed by atoms with E-state index >= 15 is 0 Å². The van der Waals surface area contributed by atoms with Crippen LogP contribution in [0.3, 0.4) is 0 Å². The summed E-state index contributed by atoms with van der Waals surface area (Å²) in [5.74, 6) is -2.16. The van der Waals surface area contributed by atoms with Crippen LogP contribution in [0, 0.1) is 0 Å². The number of nitrogens with one attached hydrogen (secondary N) is 1. The monoisotopic (exact) mass is 231 g/mol. The van der Waals surface area contributed by atoms with E-state index in [0.29, 0.717) is 6.42 Å². The average Bonchev–Trinajstić information content (AvgIpc) is 2.61. The number of esters is 1. The van der Waals surface area contributed by atoms with Gasteiger partial charge in [0.25, 0.3) is 0 Å². The van der Waals surface area contributed by atoms with Crippen molar-refractivity contribution in [2.45, 2.75) is 31.9 Å². The first-order valence-corrected chi connectivity index (χ1v) is 4.93. The molecule has 7 heteroatoms. The molecule has 1 heterocycles. The fourth-order valence-electron chi connectivity index (χ4n) is 1.19. The maximum absolute atomic E-state index is 11.4. The lowest BCUT2D eigenvalue weighted by atomic mass is 10.2. The highest BCUT2D eigenvalue weighted by atomic mass is 16.6. The Bertz CT molecular complexity index is 302. The van der Waals surface area contributed by atoms with Gasteiger partial charge in [-0.1, -0.05) is 13.3 Å². The van der Waals surface area contributed by atoms with Crippen molar-refractivity contribution in [3.63, 3.8) is 0 Å². The topological polar surface area (TPSA) is 102 Å². The third-order valence-electron chi connectivity index (χ3n) is 2.05. The quantitative estimate of drug-likeness (QED) is 0.505. The Kier molecular flexibility index (Phi) is 4.10. The minimum atomic E-state index is -1.40. The minimum Gasteiger partial charge on any atom is -0.480 e. The number of hydrogen-bond donors (Lipinski definition) is 2. The molecule has 1 aliphatic heterocycles. The average molecular weight is 231 g/mol. The molecule has 1 saturated heterocycles. The van der Waals surface area contributed by atoms with Gasteiger partial charge in [0, 0.05) is 0 Å². The number of carbonyl (C=O) groups is 3. The van der Waals surface area contributed by atoms with Crippen LogP contribution in [0.15, 0.2) is 0 Å². The SMILES string of the molecule is CCCCOC(=O)[C@H]1OC(=O)N[C@@H]1C(=O)O. The Morgan fingerprint density at radius 3 is 2.81 bits per heavy atom. The number of carboxylic acid groups (broad SMARTS) is 1. The van der Waals surface area contributed by atoms with E-state index in [-0.39, 0.29) is 6.61 Å². The van der Waals surface area contributed by atoms with Crippen LogP contribution in [-0.2, 0) is 19.1 Å². The molecule has 1 aliphatic rings. The molecule has 0 spiro atoms. The normalized spacial score (nSPS) is 23.4. The van der Waals surface area contributed by atoms with Gasteiger partial charge in [-0.05, 0) is 6.42 Å². The molecule has 16 heavy (non-hydrogen) atoms. The first-order chi connectivity index (χ1) is 7.56. The van der Waals surface area contributed by atoms with Crippen LogP contribution < -0.4 is 5.32 Å². The van der Waals surface area contributed by atoms with Crippen molar-refractivity contribution in [2.75, 3.05) is 6.61 Å². The van der Waals surface area contributed by atoms with Gasteiger partial charge in [-0.2, -0.15) is 0 Å². The van der Waals surface area contributed by atoms with Crippen LogP contribution in [0.25, 0.3) is 0 Å². The van der Waals surface area contributed by atoms with E-state index < -0.39 is 30.2 Å². The van der Waals surface area contributed by atoms with E-state index in [1.807, 2.05) is 12.2 Å². The van der Waals surface area contributed by atoms with Gasteiger partial charge in [-0.15, -0.1) is 0 Å². The molecule has 0 aliphatic carbocycles. The summed E-state index contributed by atoms with van der Waals surface area (Å²) in [4.78, 5) is 32.9. The number of carboxylic acids is 1. The number of aliphatic carboxylic acids is 1. The summed E-state index contributed by atoms with van der Waals surface area (Å²) < 4.78 is 9.30. The Morgan fingerprint density at radius 2 is 2.25 bits per heavy atom. The third-order valence-corrected chi connectivity index (χ3v) is 2.05. The predicted octanol–water partition coefficient (Wildman–Crippen LogP) is -0.109. The molecule has 0 radical (unpaired) electrons. The van der Waals surface area contributed by atoms with E-state index in [1.165, 1.54) is 0 Å². The van der Waals surface area contributed by atoms with Gasteiger partial charge in [0.1, 0.15) is 0 Å². The van der Waals surface area contributed by atoms with Gasteiger partial charge in [0.05, 0.1) is 6.61 Å². The summed E-state index contributed by atoms with van der Waals surface area (Å²) in [5, 5.41) is 10.7. The van der Waals surface area contributed by atoms with Gasteiger partial charge < -0.3 is 19.9 Å². The Balaban J connectivity index is 2.53. The molecule has 2 N–H and O–H groups in total. The number of carbonyl (C=O) groups excluding carboxylic acids is 2. The second-order valence-corrected chi connectivity index (χ2v) is 3.31. The van der Waals surface area contributed by atoms with Gasteiger partial charge in [-0.25, -0.2) is 14.4 Å². The lowest BCUT2D eigenvalue weighted by Gasteiger charge is -2.11. The summed E-state index contributed by atoms with van der Waals surface area (Å²) in [7, 11) is 0. The van der Waals surface area contributed by atoms with E-state index in [4.69, 9.17) is 9.84 Å². The lowest BCUT2D eigenvalue weighted by Crippen LogP contribution is -2.43. The molecule has 2 atom stereocenters. The van der Waals surface area contributed by atoms with E-state index in [2.05, 4.69) is 4.74 Å². The van der Waals surface area contributed by atoms with Crippen LogP contribution in [0.1, 0.15) is 19.8 Å². The number of hydrogen-bond acceptors (Lipinski definition) is 5. The van der Waals surface area contributed by atoms with Crippen LogP contribution >= 0.6 is 0 Å². The van der Waals surface area contributed by atoms with Gasteiger partial charge >= 0.3 is 18.0 Å². The number of alkyl carbamates (subject to hydrolysis) is 1. The van der Waals surface area contributed by atoms with E-state index in [0.717, 1.165) is 6.42 Å². The molecule has 0 bridgehead atoms. The highest BCUT2D eigenvalue weighted by Gasteiger charge is 2.45. The molecule has 0 aromatic heterocycles. The molecule has 0 unspecified atom stereocenters. The fraction of sp³-hybridized carbons (Fsp3) is 0.667. The number of ether oxygens (including phenoxy) is 2. The predicted molar refractivity (Wildman–Crippen MR) is 50.7 cm³/mol. The van der Waals surface area contributed by atoms with Gasteiger partial charge in [0.15, 0.2) is 6.04 Å². The molecular weight excluding hydrogens is 218 g/mol. The van der Waals surface area contributed by atoms with Crippen molar-refractivity contribution in [1.82, 2.24) is 5.32 Å². The first kappa shape index (κ1) is 12.3. The van der Waals surface area contributed by atoms with Gasteiger partial charge in [-0.3, -0.25) is 0 Å². The second kappa shape index (κ2) is 5.34. The summed E-state index contributed by atoms with van der Waals surface area (Å²) in [6.07, 6.45) is -0.803. The first-order valence-electron chi connectivity index (χ1n) is 4.93. The van der Waals surface area contributed by atoms with Crippen molar-refractivity contribution in [1.29, 1.82) is 0 Å².